The molecule has 0 unspecified atom stereocenters. The Labute approximate surface area is 148 Å². The van der Waals surface area contributed by atoms with Crippen molar-refractivity contribution >= 4 is 5.91 Å². The summed E-state index contributed by atoms with van der Waals surface area (Å²) in [6.45, 7) is 4.69. The molecule has 5 heteroatoms. The fraction of sp³-hybridized carbons (Fsp3) is 0.400. The number of ether oxygens (including phenoxy) is 1. The zero-order valence-electron chi connectivity index (χ0n) is 15.1. The predicted molar refractivity (Wildman–Crippen MR) is 98.4 cm³/mol. The SMILES string of the molecule is CCC(CC)C(=O)NCc1cc(=O)c(OCc2ccccc2)cn1C. The van der Waals surface area contributed by atoms with Gasteiger partial charge in [0.2, 0.25) is 11.3 Å². The summed E-state index contributed by atoms with van der Waals surface area (Å²) in [5, 5.41) is 2.91. The van der Waals surface area contributed by atoms with Crippen molar-refractivity contribution in [3.05, 3.63) is 64.1 Å². The van der Waals surface area contributed by atoms with E-state index >= 15 is 0 Å². The fourth-order valence-corrected chi connectivity index (χ4v) is 2.65. The Bertz CT molecular complexity index is 749. The van der Waals surface area contributed by atoms with Crippen molar-refractivity contribution in [3.8, 4) is 5.75 Å². The molecule has 0 atom stereocenters. The van der Waals surface area contributed by atoms with E-state index in [0.29, 0.717) is 18.9 Å². The maximum Gasteiger partial charge on any atom is 0.223 e. The summed E-state index contributed by atoms with van der Waals surface area (Å²) in [6, 6.07) is 11.2. The van der Waals surface area contributed by atoms with E-state index in [-0.39, 0.29) is 17.3 Å². The summed E-state index contributed by atoms with van der Waals surface area (Å²) in [5.41, 5.74) is 1.57. The highest BCUT2D eigenvalue weighted by Gasteiger charge is 2.14. The van der Waals surface area contributed by atoms with Gasteiger partial charge in [0.25, 0.3) is 0 Å². The molecular weight excluding hydrogens is 316 g/mol. The molecule has 1 heterocycles. The third-order valence-corrected chi connectivity index (χ3v) is 4.34. The average molecular weight is 342 g/mol. The summed E-state index contributed by atoms with van der Waals surface area (Å²) in [7, 11) is 1.84. The summed E-state index contributed by atoms with van der Waals surface area (Å²) in [6.07, 6.45) is 3.30. The lowest BCUT2D eigenvalue weighted by Gasteiger charge is -2.15. The Balaban J connectivity index is 2.02. The first-order valence-corrected chi connectivity index (χ1v) is 8.69. The van der Waals surface area contributed by atoms with Crippen LogP contribution >= 0.6 is 0 Å². The largest absolute Gasteiger partial charge is 0.483 e. The lowest BCUT2D eigenvalue weighted by Crippen LogP contribution is -2.31. The maximum atomic E-state index is 12.3. The van der Waals surface area contributed by atoms with E-state index in [1.165, 1.54) is 6.07 Å². The molecule has 5 nitrogen and oxygen atoms in total. The van der Waals surface area contributed by atoms with Crippen LogP contribution in [0.3, 0.4) is 0 Å². The minimum absolute atomic E-state index is 0.0190. The van der Waals surface area contributed by atoms with Crippen LogP contribution < -0.4 is 15.5 Å². The highest BCUT2D eigenvalue weighted by molar-refractivity contribution is 5.78. The number of rotatable bonds is 8. The fourth-order valence-electron chi connectivity index (χ4n) is 2.65. The lowest BCUT2D eigenvalue weighted by molar-refractivity contribution is -0.125. The van der Waals surface area contributed by atoms with Gasteiger partial charge in [-0.3, -0.25) is 9.59 Å². The molecule has 0 bridgehead atoms. The first-order valence-electron chi connectivity index (χ1n) is 8.69. The minimum atomic E-state index is -0.180. The highest BCUT2D eigenvalue weighted by atomic mass is 16.5. The lowest BCUT2D eigenvalue weighted by atomic mass is 10.0. The number of nitrogens with zero attached hydrogens (tertiary/aromatic N) is 1. The topological polar surface area (TPSA) is 60.3 Å². The maximum absolute atomic E-state index is 12.3. The number of amides is 1. The number of aromatic nitrogens is 1. The average Bonchev–Trinajstić information content (AvgIpc) is 2.62. The highest BCUT2D eigenvalue weighted by Crippen LogP contribution is 2.10. The second kappa shape index (κ2) is 9.06. The molecule has 0 saturated carbocycles. The van der Waals surface area contributed by atoms with Gasteiger partial charge in [0.15, 0.2) is 5.75 Å². The molecule has 2 aromatic rings. The molecule has 0 radical (unpaired) electrons. The van der Waals surface area contributed by atoms with E-state index in [4.69, 9.17) is 4.74 Å². The number of carbonyl (C=O) groups is 1. The number of pyridine rings is 1. The molecule has 134 valence electrons. The summed E-state index contributed by atoms with van der Waals surface area (Å²) in [5.74, 6) is 0.355. The molecule has 2 rings (SSSR count). The molecule has 0 aliphatic carbocycles. The van der Waals surface area contributed by atoms with Crippen LogP contribution in [-0.2, 0) is 25.0 Å². The van der Waals surface area contributed by atoms with Crippen molar-refractivity contribution in [3.63, 3.8) is 0 Å². The summed E-state index contributed by atoms with van der Waals surface area (Å²) < 4.78 is 7.45. The molecule has 0 aliphatic heterocycles. The number of hydrogen-bond acceptors (Lipinski definition) is 3. The van der Waals surface area contributed by atoms with Gasteiger partial charge in [-0.1, -0.05) is 44.2 Å². The number of nitrogens with one attached hydrogen (secondary N) is 1. The van der Waals surface area contributed by atoms with Gasteiger partial charge in [-0.15, -0.1) is 0 Å². The van der Waals surface area contributed by atoms with E-state index < -0.39 is 0 Å². The van der Waals surface area contributed by atoms with Crippen molar-refractivity contribution in [2.45, 2.75) is 39.8 Å². The van der Waals surface area contributed by atoms with Crippen LogP contribution in [-0.4, -0.2) is 10.5 Å². The molecular formula is C20H26N2O3. The molecule has 25 heavy (non-hydrogen) atoms. The Morgan fingerprint density at radius 2 is 1.88 bits per heavy atom. The van der Waals surface area contributed by atoms with Gasteiger partial charge in [-0.05, 0) is 18.4 Å². The van der Waals surface area contributed by atoms with Crippen molar-refractivity contribution in [2.24, 2.45) is 13.0 Å². The molecule has 1 aromatic carbocycles. The third-order valence-electron chi connectivity index (χ3n) is 4.34. The van der Waals surface area contributed by atoms with Gasteiger partial charge < -0.3 is 14.6 Å². The monoisotopic (exact) mass is 342 g/mol. The van der Waals surface area contributed by atoms with Crippen molar-refractivity contribution in [1.82, 2.24) is 9.88 Å². The molecule has 0 fully saturated rings. The molecule has 1 amide bonds. The first kappa shape index (κ1) is 18.8. The van der Waals surface area contributed by atoms with Crippen LogP contribution in [0.1, 0.15) is 37.9 Å². The third kappa shape index (κ3) is 5.21. The summed E-state index contributed by atoms with van der Waals surface area (Å²) in [4.78, 5) is 24.3. The normalized spacial score (nSPS) is 10.7. The van der Waals surface area contributed by atoms with E-state index in [1.807, 2.05) is 55.8 Å². The smallest absolute Gasteiger partial charge is 0.223 e. The predicted octanol–water partition coefficient (Wildman–Crippen LogP) is 3.02. The molecule has 0 saturated heterocycles. The molecule has 0 spiro atoms. The minimum Gasteiger partial charge on any atom is -0.483 e. The van der Waals surface area contributed by atoms with Gasteiger partial charge in [0.1, 0.15) is 6.61 Å². The quantitative estimate of drug-likeness (QED) is 0.802. The van der Waals surface area contributed by atoms with Crippen LogP contribution in [0, 0.1) is 5.92 Å². The Kier molecular flexibility index (Phi) is 6.81. The van der Waals surface area contributed by atoms with Crippen LogP contribution in [0.5, 0.6) is 5.75 Å². The second-order valence-electron chi connectivity index (χ2n) is 6.11. The van der Waals surface area contributed by atoms with Crippen molar-refractivity contribution < 1.29 is 9.53 Å². The number of benzene rings is 1. The first-order chi connectivity index (χ1) is 12.0. The Morgan fingerprint density at radius 3 is 2.52 bits per heavy atom. The molecule has 1 N–H and O–H groups in total. The Morgan fingerprint density at radius 1 is 1.20 bits per heavy atom. The van der Waals surface area contributed by atoms with E-state index in [2.05, 4.69) is 5.32 Å². The number of aryl methyl sites for hydroxylation is 1. The number of hydrogen-bond donors (Lipinski definition) is 1. The zero-order chi connectivity index (χ0) is 18.2. The number of carbonyl (C=O) groups excluding carboxylic acids is 1. The van der Waals surface area contributed by atoms with Gasteiger partial charge >= 0.3 is 0 Å². The van der Waals surface area contributed by atoms with Gasteiger partial charge in [0, 0.05) is 24.7 Å². The van der Waals surface area contributed by atoms with Gasteiger partial charge in [0.05, 0.1) is 12.7 Å². The van der Waals surface area contributed by atoms with Crippen molar-refractivity contribution in [2.75, 3.05) is 0 Å². The van der Waals surface area contributed by atoms with Gasteiger partial charge in [-0.25, -0.2) is 0 Å². The van der Waals surface area contributed by atoms with E-state index in [0.717, 1.165) is 24.1 Å². The van der Waals surface area contributed by atoms with Crippen LogP contribution in [0.25, 0.3) is 0 Å². The van der Waals surface area contributed by atoms with Crippen LogP contribution in [0.15, 0.2) is 47.4 Å². The van der Waals surface area contributed by atoms with Crippen LogP contribution in [0.2, 0.25) is 0 Å². The van der Waals surface area contributed by atoms with E-state index in [1.54, 1.807) is 6.20 Å². The van der Waals surface area contributed by atoms with Gasteiger partial charge in [-0.2, -0.15) is 0 Å². The zero-order valence-corrected chi connectivity index (χ0v) is 15.1. The summed E-state index contributed by atoms with van der Waals surface area (Å²) >= 11 is 0. The van der Waals surface area contributed by atoms with E-state index in [9.17, 15) is 9.59 Å². The molecule has 0 aliphatic rings. The van der Waals surface area contributed by atoms with Crippen LogP contribution in [0.4, 0.5) is 0 Å². The Hall–Kier alpha value is -2.56. The molecule has 1 aromatic heterocycles. The van der Waals surface area contributed by atoms with Crippen molar-refractivity contribution in [1.29, 1.82) is 0 Å². The standard InChI is InChI=1S/C20H26N2O3/c1-4-16(5-2)20(24)21-12-17-11-18(23)19(13-22(17)3)25-14-15-9-7-6-8-10-15/h6-11,13,16H,4-5,12,14H2,1-3H3,(H,21,24). The second-order valence-corrected chi connectivity index (χ2v) is 6.11.